The smallest absolute Gasteiger partial charge is 0.228 e. The zero-order chi connectivity index (χ0) is 30.5. The Morgan fingerprint density at radius 3 is 2.36 bits per heavy atom. The number of nitrogens with one attached hydrogen (secondary N) is 1. The summed E-state index contributed by atoms with van der Waals surface area (Å²) in [6, 6.07) is 20.0. The van der Waals surface area contributed by atoms with E-state index >= 15 is 0 Å². The van der Waals surface area contributed by atoms with E-state index in [4.69, 9.17) is 4.74 Å². The number of fused-ring (bicyclic) bond motifs is 1. The van der Waals surface area contributed by atoms with Crippen molar-refractivity contribution in [2.45, 2.75) is 33.1 Å². The van der Waals surface area contributed by atoms with Gasteiger partial charge in [0, 0.05) is 62.2 Å². The van der Waals surface area contributed by atoms with E-state index < -0.39 is 0 Å². The van der Waals surface area contributed by atoms with Gasteiger partial charge in [0.05, 0.1) is 31.1 Å². The summed E-state index contributed by atoms with van der Waals surface area (Å²) >= 11 is 0. The van der Waals surface area contributed by atoms with Gasteiger partial charge in [-0.2, -0.15) is 0 Å². The van der Waals surface area contributed by atoms with Crippen LogP contribution in [0.3, 0.4) is 0 Å². The lowest BCUT2D eigenvalue weighted by Gasteiger charge is -2.34. The number of carbonyl (C=O) groups is 2. The summed E-state index contributed by atoms with van der Waals surface area (Å²) in [5, 5.41) is 13.2. The summed E-state index contributed by atoms with van der Waals surface area (Å²) < 4.78 is 7.44. The highest BCUT2D eigenvalue weighted by molar-refractivity contribution is 5.96. The molecule has 10 heteroatoms. The summed E-state index contributed by atoms with van der Waals surface area (Å²) in [5.41, 5.74) is 3.79. The van der Waals surface area contributed by atoms with Crippen LogP contribution in [0.2, 0.25) is 0 Å². The van der Waals surface area contributed by atoms with Crippen LogP contribution in [-0.4, -0.2) is 84.0 Å². The Bertz CT molecular complexity index is 1570. The highest BCUT2D eigenvalue weighted by Crippen LogP contribution is 2.27. The fraction of sp³-hybridized carbons (Fsp3) is 0.412. The number of carbonyl (C=O) groups excluding carboxylic acids is 2. The molecule has 2 aromatic carbocycles. The largest absolute Gasteiger partial charge is 0.378 e. The van der Waals surface area contributed by atoms with E-state index in [1.807, 2.05) is 90.2 Å². The first-order chi connectivity index (χ1) is 21.5. The van der Waals surface area contributed by atoms with Crippen molar-refractivity contribution in [3.05, 3.63) is 72.4 Å². The van der Waals surface area contributed by atoms with E-state index in [1.54, 1.807) is 0 Å². The van der Waals surface area contributed by atoms with Crippen molar-refractivity contribution in [1.29, 1.82) is 0 Å². The van der Waals surface area contributed by atoms with Gasteiger partial charge in [0.2, 0.25) is 11.8 Å². The van der Waals surface area contributed by atoms with Gasteiger partial charge in [-0.1, -0.05) is 18.2 Å². The van der Waals surface area contributed by atoms with Gasteiger partial charge in [-0.25, -0.2) is 0 Å². The predicted octanol–water partition coefficient (Wildman–Crippen LogP) is 4.52. The van der Waals surface area contributed by atoms with E-state index in [-0.39, 0.29) is 24.2 Å². The van der Waals surface area contributed by atoms with Gasteiger partial charge < -0.3 is 24.8 Å². The van der Waals surface area contributed by atoms with Crippen LogP contribution >= 0.6 is 0 Å². The molecule has 1 N–H and O–H groups in total. The van der Waals surface area contributed by atoms with Crippen LogP contribution < -0.4 is 15.1 Å². The molecule has 1 atom stereocenters. The van der Waals surface area contributed by atoms with E-state index in [1.165, 1.54) is 0 Å². The Labute approximate surface area is 258 Å². The first-order valence-corrected chi connectivity index (χ1v) is 15.7. The molecule has 2 aliphatic rings. The standard InChI is InChI=1S/C34H41N7O3/c1-3-38(4-2)34(43)25-8-7-17-40(23-25)31-15-16-32(37-36-31)41-24-26(29-9-5-6-10-30(29)41)22-33(42)35-27-11-13-28(14-12-27)39-18-20-44-21-19-39/h5-6,9-16,24-25H,3-4,7-8,17-23H2,1-2H3,(H,35,42). The molecule has 0 aliphatic carbocycles. The molecule has 2 aliphatic heterocycles. The second-order valence-electron chi connectivity index (χ2n) is 11.5. The second-order valence-corrected chi connectivity index (χ2v) is 11.5. The van der Waals surface area contributed by atoms with E-state index in [0.29, 0.717) is 12.4 Å². The number of para-hydroxylation sites is 1. The number of aromatic nitrogens is 3. The van der Waals surface area contributed by atoms with Crippen LogP contribution in [0.4, 0.5) is 17.2 Å². The third-order valence-electron chi connectivity index (χ3n) is 8.73. The summed E-state index contributed by atoms with van der Waals surface area (Å²) in [4.78, 5) is 32.5. The fourth-order valence-corrected chi connectivity index (χ4v) is 6.33. The molecule has 10 nitrogen and oxygen atoms in total. The number of hydrogen-bond acceptors (Lipinski definition) is 7. The Balaban J connectivity index is 1.14. The quantitative estimate of drug-likeness (QED) is 0.304. The normalized spacial score (nSPS) is 17.1. The highest BCUT2D eigenvalue weighted by Gasteiger charge is 2.29. The number of anilines is 3. The average molecular weight is 596 g/mol. The third-order valence-corrected chi connectivity index (χ3v) is 8.73. The van der Waals surface area contributed by atoms with E-state index in [2.05, 4.69) is 25.3 Å². The van der Waals surface area contributed by atoms with Gasteiger partial charge >= 0.3 is 0 Å². The zero-order valence-corrected chi connectivity index (χ0v) is 25.6. The van der Waals surface area contributed by atoms with Crippen LogP contribution in [0, 0.1) is 5.92 Å². The monoisotopic (exact) mass is 595 g/mol. The van der Waals surface area contributed by atoms with Crippen molar-refractivity contribution in [1.82, 2.24) is 19.7 Å². The molecule has 6 rings (SSSR count). The molecular weight excluding hydrogens is 554 g/mol. The lowest BCUT2D eigenvalue weighted by atomic mass is 9.96. The molecule has 2 fully saturated rings. The number of morpholine rings is 1. The molecule has 4 heterocycles. The molecule has 0 saturated carbocycles. The van der Waals surface area contributed by atoms with Gasteiger partial charge in [0.1, 0.15) is 0 Å². The summed E-state index contributed by atoms with van der Waals surface area (Å²) in [6.07, 6.45) is 4.07. The molecule has 1 unspecified atom stereocenters. The van der Waals surface area contributed by atoms with Gasteiger partial charge in [0.15, 0.2) is 11.6 Å². The number of hydrogen-bond donors (Lipinski definition) is 1. The Morgan fingerprint density at radius 1 is 0.909 bits per heavy atom. The maximum Gasteiger partial charge on any atom is 0.228 e. The maximum atomic E-state index is 13.1. The molecule has 0 radical (unpaired) electrons. The first kappa shape index (κ1) is 29.6. The summed E-state index contributed by atoms with van der Waals surface area (Å²) in [5.74, 6) is 1.59. The lowest BCUT2D eigenvalue weighted by Crippen LogP contribution is -2.45. The number of piperidine rings is 1. The van der Waals surface area contributed by atoms with Crippen molar-refractivity contribution in [2.24, 2.45) is 5.92 Å². The molecule has 2 saturated heterocycles. The number of amides is 2. The fourth-order valence-electron chi connectivity index (χ4n) is 6.33. The Morgan fingerprint density at radius 2 is 1.64 bits per heavy atom. The Hall–Kier alpha value is -4.44. The highest BCUT2D eigenvalue weighted by atomic mass is 16.5. The van der Waals surface area contributed by atoms with Gasteiger partial charge in [-0.3, -0.25) is 14.2 Å². The molecule has 2 aromatic heterocycles. The van der Waals surface area contributed by atoms with Crippen molar-refractivity contribution < 1.29 is 14.3 Å². The second kappa shape index (κ2) is 13.5. The summed E-state index contributed by atoms with van der Waals surface area (Å²) in [7, 11) is 0. The SMILES string of the molecule is CCN(CC)C(=O)C1CCCN(c2ccc(-n3cc(CC(=O)Nc4ccc(N5CCOCC5)cc4)c4ccccc43)nn2)C1. The zero-order valence-electron chi connectivity index (χ0n) is 25.6. The van der Waals surface area contributed by atoms with Crippen molar-refractivity contribution in [2.75, 3.05) is 67.6 Å². The minimum atomic E-state index is -0.0765. The predicted molar refractivity (Wildman–Crippen MR) is 174 cm³/mol. The lowest BCUT2D eigenvalue weighted by molar-refractivity contribution is -0.135. The van der Waals surface area contributed by atoms with E-state index in [9.17, 15) is 9.59 Å². The van der Waals surface area contributed by atoms with Gasteiger partial charge in [0.25, 0.3) is 0 Å². The number of nitrogens with zero attached hydrogens (tertiary/aromatic N) is 6. The molecule has 2 amide bonds. The minimum absolute atomic E-state index is 0.0186. The van der Waals surface area contributed by atoms with Crippen LogP contribution in [-0.2, 0) is 20.7 Å². The number of rotatable bonds is 9. The molecule has 230 valence electrons. The minimum Gasteiger partial charge on any atom is -0.378 e. The van der Waals surface area contributed by atoms with Crippen LogP contribution in [0.5, 0.6) is 0 Å². The molecule has 0 bridgehead atoms. The first-order valence-electron chi connectivity index (χ1n) is 15.7. The van der Waals surface area contributed by atoms with Crippen molar-refractivity contribution in [3.63, 3.8) is 0 Å². The summed E-state index contributed by atoms with van der Waals surface area (Å²) in [6.45, 7) is 10.3. The molecular formula is C34H41N7O3. The third kappa shape index (κ3) is 6.40. The van der Waals surface area contributed by atoms with Crippen molar-refractivity contribution >= 4 is 39.9 Å². The maximum absolute atomic E-state index is 13.1. The number of ether oxygens (including phenoxy) is 1. The molecule has 4 aromatic rings. The average Bonchev–Trinajstić information content (AvgIpc) is 3.44. The number of benzene rings is 2. The Kier molecular flexibility index (Phi) is 9.07. The topological polar surface area (TPSA) is 95.8 Å². The molecule has 0 spiro atoms. The molecule has 44 heavy (non-hydrogen) atoms. The van der Waals surface area contributed by atoms with Gasteiger partial charge in [-0.15, -0.1) is 10.2 Å². The van der Waals surface area contributed by atoms with Crippen LogP contribution in [0.1, 0.15) is 32.3 Å². The van der Waals surface area contributed by atoms with E-state index in [0.717, 1.165) is 92.4 Å². The van der Waals surface area contributed by atoms with Crippen LogP contribution in [0.15, 0.2) is 66.9 Å². The van der Waals surface area contributed by atoms with Gasteiger partial charge in [-0.05, 0) is 74.7 Å². The van der Waals surface area contributed by atoms with Crippen molar-refractivity contribution in [3.8, 4) is 5.82 Å². The van der Waals surface area contributed by atoms with Crippen LogP contribution in [0.25, 0.3) is 16.7 Å².